The molecule has 1 heterocycles. The Bertz CT molecular complexity index is 479. The zero-order valence-corrected chi connectivity index (χ0v) is 19.5. The fourth-order valence-electron chi connectivity index (χ4n) is 2.97. The number of hydrogen-bond acceptors (Lipinski definition) is 8. The van der Waals surface area contributed by atoms with E-state index in [4.69, 9.17) is 9.05 Å². The summed E-state index contributed by atoms with van der Waals surface area (Å²) >= 11 is 0. The largest absolute Gasteiger partial charge is 0.341 e. The van der Waals surface area contributed by atoms with Crippen molar-refractivity contribution in [3.63, 3.8) is 0 Å². The van der Waals surface area contributed by atoms with Crippen LogP contribution in [0.5, 0.6) is 0 Å². The van der Waals surface area contributed by atoms with Gasteiger partial charge in [0.25, 0.3) is 0 Å². The fourth-order valence-corrected chi connectivity index (χ4v) is 5.52. The molecule has 0 aromatic heterocycles. The molecule has 1 fully saturated rings. The standard InChI is InChI=1S/C16H38N4O6P2/c1-5-25-27(21,22)15-19-11-7-17(3)9-13-20(14-10-18(4)8-12-19)16-28(23,24)26-6-2/h5-16H2,1-4H3,(H,21,22)(H,23,24). The van der Waals surface area contributed by atoms with Gasteiger partial charge in [-0.1, -0.05) is 0 Å². The minimum absolute atomic E-state index is 0.0245. The Morgan fingerprint density at radius 3 is 1.21 bits per heavy atom. The molecular formula is C16H38N4O6P2. The summed E-state index contributed by atoms with van der Waals surface area (Å²) in [5.41, 5.74) is 0. The van der Waals surface area contributed by atoms with Gasteiger partial charge in [-0.3, -0.25) is 18.9 Å². The average Bonchev–Trinajstić information content (AvgIpc) is 2.58. The van der Waals surface area contributed by atoms with Crippen molar-refractivity contribution in [2.45, 2.75) is 13.8 Å². The van der Waals surface area contributed by atoms with E-state index < -0.39 is 15.2 Å². The predicted octanol–water partition coefficient (Wildman–Crippen LogP) is 0.826. The van der Waals surface area contributed by atoms with Crippen LogP contribution in [0.15, 0.2) is 0 Å². The molecule has 12 heteroatoms. The first kappa shape index (κ1) is 26.2. The first-order chi connectivity index (χ1) is 13.1. The van der Waals surface area contributed by atoms with Crippen LogP contribution in [-0.2, 0) is 18.2 Å². The Kier molecular flexibility index (Phi) is 11.9. The lowest BCUT2D eigenvalue weighted by Crippen LogP contribution is -2.44. The molecule has 0 bridgehead atoms. The van der Waals surface area contributed by atoms with Crippen LogP contribution < -0.4 is 0 Å². The molecular weight excluding hydrogens is 406 g/mol. The number of nitrogens with zero attached hydrogens (tertiary/aromatic N) is 4. The van der Waals surface area contributed by atoms with Crippen molar-refractivity contribution in [1.29, 1.82) is 0 Å². The molecule has 2 unspecified atom stereocenters. The molecule has 1 aliphatic heterocycles. The van der Waals surface area contributed by atoms with Crippen LogP contribution >= 0.6 is 15.2 Å². The third kappa shape index (κ3) is 11.4. The molecule has 0 aromatic carbocycles. The van der Waals surface area contributed by atoms with E-state index in [1.807, 2.05) is 23.9 Å². The first-order valence-electron chi connectivity index (χ1n) is 9.81. The highest BCUT2D eigenvalue weighted by Gasteiger charge is 2.26. The van der Waals surface area contributed by atoms with E-state index in [1.165, 1.54) is 0 Å². The molecule has 0 aliphatic carbocycles. The molecule has 1 saturated heterocycles. The van der Waals surface area contributed by atoms with Crippen LogP contribution in [0.4, 0.5) is 0 Å². The van der Waals surface area contributed by atoms with Gasteiger partial charge in [0.1, 0.15) is 12.6 Å². The highest BCUT2D eigenvalue weighted by atomic mass is 31.2. The molecule has 1 aliphatic rings. The van der Waals surface area contributed by atoms with Gasteiger partial charge >= 0.3 is 15.2 Å². The van der Waals surface area contributed by atoms with E-state index in [-0.39, 0.29) is 25.8 Å². The van der Waals surface area contributed by atoms with Gasteiger partial charge < -0.3 is 28.6 Å². The van der Waals surface area contributed by atoms with E-state index in [1.54, 1.807) is 13.8 Å². The summed E-state index contributed by atoms with van der Waals surface area (Å²) < 4.78 is 34.3. The minimum atomic E-state index is -3.61. The van der Waals surface area contributed by atoms with Gasteiger partial charge in [-0.2, -0.15) is 0 Å². The number of hydrogen-bond donors (Lipinski definition) is 2. The molecule has 28 heavy (non-hydrogen) atoms. The molecule has 0 spiro atoms. The Labute approximate surface area is 169 Å². The summed E-state index contributed by atoms with van der Waals surface area (Å²) in [6, 6.07) is 0. The lowest BCUT2D eigenvalue weighted by molar-refractivity contribution is 0.158. The van der Waals surface area contributed by atoms with E-state index in [0.717, 1.165) is 26.2 Å². The van der Waals surface area contributed by atoms with Gasteiger partial charge in [-0.25, -0.2) is 0 Å². The van der Waals surface area contributed by atoms with E-state index in [9.17, 15) is 18.9 Å². The summed E-state index contributed by atoms with van der Waals surface area (Å²) in [5.74, 6) is 0. The highest BCUT2D eigenvalue weighted by molar-refractivity contribution is 7.53. The molecule has 1 rings (SSSR count). The zero-order chi connectivity index (χ0) is 21.2. The number of likely N-dealkylation sites (N-methyl/N-ethyl adjacent to an activating group) is 2. The third-order valence-corrected chi connectivity index (χ3v) is 7.45. The van der Waals surface area contributed by atoms with Gasteiger partial charge in [-0.05, 0) is 27.9 Å². The average molecular weight is 444 g/mol. The van der Waals surface area contributed by atoms with Crippen LogP contribution in [0.1, 0.15) is 13.8 Å². The maximum absolute atomic E-state index is 12.1. The van der Waals surface area contributed by atoms with E-state index in [2.05, 4.69) is 9.80 Å². The SMILES string of the molecule is CCOP(=O)(O)CN1CCN(C)CCN(CP(=O)(O)OCC)CCN(C)CC1. The molecule has 0 aromatic rings. The second-order valence-electron chi connectivity index (χ2n) is 7.24. The Balaban J connectivity index is 2.70. The van der Waals surface area contributed by atoms with Crippen LogP contribution in [0, 0.1) is 0 Å². The van der Waals surface area contributed by atoms with Crippen molar-refractivity contribution in [3.8, 4) is 0 Å². The van der Waals surface area contributed by atoms with Crippen LogP contribution in [0.25, 0.3) is 0 Å². The molecule has 10 nitrogen and oxygen atoms in total. The van der Waals surface area contributed by atoms with E-state index in [0.29, 0.717) is 26.2 Å². The molecule has 2 atom stereocenters. The lowest BCUT2D eigenvalue weighted by atomic mass is 10.4. The topological polar surface area (TPSA) is 106 Å². The smallest absolute Gasteiger partial charge is 0.323 e. The molecule has 0 amide bonds. The predicted molar refractivity (Wildman–Crippen MR) is 111 cm³/mol. The maximum atomic E-state index is 12.1. The molecule has 0 saturated carbocycles. The van der Waals surface area contributed by atoms with Crippen molar-refractivity contribution in [2.24, 2.45) is 0 Å². The van der Waals surface area contributed by atoms with Gasteiger partial charge in [0.05, 0.1) is 13.2 Å². The van der Waals surface area contributed by atoms with Crippen molar-refractivity contribution in [2.75, 3.05) is 92.2 Å². The van der Waals surface area contributed by atoms with Crippen LogP contribution in [0.2, 0.25) is 0 Å². The summed E-state index contributed by atoms with van der Waals surface area (Å²) in [5, 5.41) is 0. The summed E-state index contributed by atoms with van der Waals surface area (Å²) in [6.45, 7) is 9.38. The van der Waals surface area contributed by atoms with Crippen LogP contribution in [0.3, 0.4) is 0 Å². The van der Waals surface area contributed by atoms with Gasteiger partial charge in [-0.15, -0.1) is 0 Å². The minimum Gasteiger partial charge on any atom is -0.323 e. The summed E-state index contributed by atoms with van der Waals surface area (Å²) in [6.07, 6.45) is 0.0490. The quantitative estimate of drug-likeness (QED) is 0.523. The summed E-state index contributed by atoms with van der Waals surface area (Å²) in [7, 11) is -3.26. The Morgan fingerprint density at radius 2 is 0.964 bits per heavy atom. The monoisotopic (exact) mass is 444 g/mol. The highest BCUT2D eigenvalue weighted by Crippen LogP contribution is 2.42. The zero-order valence-electron chi connectivity index (χ0n) is 17.7. The normalized spacial score (nSPS) is 24.8. The van der Waals surface area contributed by atoms with Crippen molar-refractivity contribution >= 4 is 15.2 Å². The Hall–Kier alpha value is 0.140. The van der Waals surface area contributed by atoms with Crippen LogP contribution in [-0.4, -0.2) is 122 Å². The first-order valence-corrected chi connectivity index (χ1v) is 13.3. The molecule has 0 radical (unpaired) electrons. The molecule has 2 N–H and O–H groups in total. The van der Waals surface area contributed by atoms with Crippen molar-refractivity contribution < 1.29 is 28.0 Å². The van der Waals surface area contributed by atoms with Crippen molar-refractivity contribution in [1.82, 2.24) is 19.6 Å². The van der Waals surface area contributed by atoms with Gasteiger partial charge in [0, 0.05) is 52.4 Å². The second kappa shape index (κ2) is 12.7. The fraction of sp³-hybridized carbons (Fsp3) is 1.00. The van der Waals surface area contributed by atoms with Gasteiger partial charge in [0.15, 0.2) is 0 Å². The van der Waals surface area contributed by atoms with Crippen molar-refractivity contribution in [3.05, 3.63) is 0 Å². The number of rotatable bonds is 8. The Morgan fingerprint density at radius 1 is 0.679 bits per heavy atom. The van der Waals surface area contributed by atoms with Gasteiger partial charge in [0.2, 0.25) is 0 Å². The second-order valence-corrected chi connectivity index (χ2v) is 10.9. The maximum Gasteiger partial charge on any atom is 0.341 e. The van der Waals surface area contributed by atoms with E-state index >= 15 is 0 Å². The molecule has 168 valence electrons. The lowest BCUT2D eigenvalue weighted by Gasteiger charge is -2.32. The third-order valence-electron chi connectivity index (χ3n) is 4.61. The summed E-state index contributed by atoms with van der Waals surface area (Å²) in [4.78, 5) is 28.1.